The van der Waals surface area contributed by atoms with Crippen LogP contribution in [0.4, 0.5) is 11.4 Å². The molecule has 2 N–H and O–H groups in total. The second kappa shape index (κ2) is 5.54. The van der Waals surface area contributed by atoms with Crippen LogP contribution in [-0.2, 0) is 4.79 Å². The summed E-state index contributed by atoms with van der Waals surface area (Å²) >= 11 is 0. The molecule has 1 unspecified atom stereocenters. The van der Waals surface area contributed by atoms with Crippen molar-refractivity contribution in [3.05, 3.63) is 24.3 Å². The monoisotopic (exact) mass is 220 g/mol. The Labute approximate surface area is 97.2 Å². The summed E-state index contributed by atoms with van der Waals surface area (Å²) in [6, 6.07) is 8.19. The van der Waals surface area contributed by atoms with E-state index >= 15 is 0 Å². The van der Waals surface area contributed by atoms with Crippen molar-refractivity contribution < 1.29 is 4.79 Å². The first-order chi connectivity index (χ1) is 7.49. The van der Waals surface area contributed by atoms with Gasteiger partial charge in [-0.2, -0.15) is 0 Å². The number of anilines is 2. The molecule has 0 aliphatic heterocycles. The minimum atomic E-state index is -0.0451. The number of hydrogen-bond donors (Lipinski definition) is 2. The minimum absolute atomic E-state index is 0.0451. The lowest BCUT2D eigenvalue weighted by Gasteiger charge is -2.18. The average Bonchev–Trinajstić information content (AvgIpc) is 2.20. The molecule has 0 aromatic heterocycles. The molecule has 1 aromatic rings. The SMILES string of the molecule is CC(=O)Nc1ccc(NC(C)C(C)C)cc1. The topological polar surface area (TPSA) is 41.1 Å². The zero-order valence-electron chi connectivity index (χ0n) is 10.4. The largest absolute Gasteiger partial charge is 0.382 e. The third-order valence-corrected chi connectivity index (χ3v) is 2.60. The summed E-state index contributed by atoms with van der Waals surface area (Å²) < 4.78 is 0. The molecule has 0 aliphatic rings. The van der Waals surface area contributed by atoms with Gasteiger partial charge in [-0.25, -0.2) is 0 Å². The fourth-order valence-electron chi connectivity index (χ4n) is 1.28. The molecule has 0 heterocycles. The quantitative estimate of drug-likeness (QED) is 0.818. The number of carbonyl (C=O) groups excluding carboxylic acids is 1. The second-order valence-electron chi connectivity index (χ2n) is 4.44. The van der Waals surface area contributed by atoms with E-state index in [9.17, 15) is 4.79 Å². The van der Waals surface area contributed by atoms with Crippen molar-refractivity contribution >= 4 is 17.3 Å². The van der Waals surface area contributed by atoms with Crippen molar-refractivity contribution in [2.75, 3.05) is 10.6 Å². The normalized spacial score (nSPS) is 12.3. The Balaban J connectivity index is 2.61. The Kier molecular flexibility index (Phi) is 4.35. The molecule has 0 radical (unpaired) electrons. The molecule has 1 amide bonds. The van der Waals surface area contributed by atoms with Gasteiger partial charge in [0.1, 0.15) is 0 Å². The van der Waals surface area contributed by atoms with E-state index in [2.05, 4.69) is 31.4 Å². The van der Waals surface area contributed by atoms with Crippen LogP contribution in [0.25, 0.3) is 0 Å². The Morgan fingerprint density at radius 3 is 2.00 bits per heavy atom. The Hall–Kier alpha value is -1.51. The zero-order valence-corrected chi connectivity index (χ0v) is 10.4. The molecule has 0 fully saturated rings. The maximum Gasteiger partial charge on any atom is 0.221 e. The highest BCUT2D eigenvalue weighted by atomic mass is 16.1. The van der Waals surface area contributed by atoms with Crippen LogP contribution in [0.2, 0.25) is 0 Å². The van der Waals surface area contributed by atoms with Gasteiger partial charge in [0.15, 0.2) is 0 Å². The highest BCUT2D eigenvalue weighted by molar-refractivity contribution is 5.88. The first kappa shape index (κ1) is 12.6. The molecule has 3 heteroatoms. The molecule has 1 atom stereocenters. The summed E-state index contributed by atoms with van der Waals surface area (Å²) in [6.07, 6.45) is 0. The van der Waals surface area contributed by atoms with Crippen molar-refractivity contribution in [2.45, 2.75) is 33.7 Å². The third kappa shape index (κ3) is 3.93. The van der Waals surface area contributed by atoms with E-state index in [4.69, 9.17) is 0 Å². The molecule has 0 saturated carbocycles. The predicted molar refractivity (Wildman–Crippen MR) is 68.7 cm³/mol. The van der Waals surface area contributed by atoms with Crippen molar-refractivity contribution in [1.82, 2.24) is 0 Å². The van der Waals surface area contributed by atoms with Gasteiger partial charge < -0.3 is 10.6 Å². The van der Waals surface area contributed by atoms with Crippen LogP contribution < -0.4 is 10.6 Å². The van der Waals surface area contributed by atoms with Gasteiger partial charge in [0.05, 0.1) is 0 Å². The number of benzene rings is 1. The number of carbonyl (C=O) groups is 1. The molecule has 0 aliphatic carbocycles. The fraction of sp³-hybridized carbons (Fsp3) is 0.462. The molecule has 1 aromatic carbocycles. The molecular formula is C13H20N2O. The zero-order chi connectivity index (χ0) is 12.1. The highest BCUT2D eigenvalue weighted by Gasteiger charge is 2.06. The van der Waals surface area contributed by atoms with Gasteiger partial charge in [-0.1, -0.05) is 13.8 Å². The van der Waals surface area contributed by atoms with E-state index in [1.807, 2.05) is 24.3 Å². The van der Waals surface area contributed by atoms with Crippen LogP contribution in [0.15, 0.2) is 24.3 Å². The third-order valence-electron chi connectivity index (χ3n) is 2.60. The van der Waals surface area contributed by atoms with Crippen molar-refractivity contribution in [1.29, 1.82) is 0 Å². The molecule has 0 saturated heterocycles. The first-order valence-corrected chi connectivity index (χ1v) is 5.63. The summed E-state index contributed by atoms with van der Waals surface area (Å²) in [5.74, 6) is 0.547. The second-order valence-corrected chi connectivity index (χ2v) is 4.44. The summed E-state index contributed by atoms with van der Waals surface area (Å²) in [7, 11) is 0. The lowest BCUT2D eigenvalue weighted by atomic mass is 10.1. The Morgan fingerprint density at radius 2 is 1.56 bits per heavy atom. The molecule has 1 rings (SSSR count). The van der Waals surface area contributed by atoms with E-state index in [1.54, 1.807) is 0 Å². The van der Waals surface area contributed by atoms with Crippen LogP contribution >= 0.6 is 0 Å². The van der Waals surface area contributed by atoms with Gasteiger partial charge >= 0.3 is 0 Å². The van der Waals surface area contributed by atoms with Crippen LogP contribution in [0.3, 0.4) is 0 Å². The van der Waals surface area contributed by atoms with Gasteiger partial charge in [-0.3, -0.25) is 4.79 Å². The summed E-state index contributed by atoms with van der Waals surface area (Å²) in [4.78, 5) is 10.8. The van der Waals surface area contributed by atoms with E-state index in [-0.39, 0.29) is 5.91 Å². The molecule has 0 bridgehead atoms. The van der Waals surface area contributed by atoms with E-state index in [1.165, 1.54) is 6.92 Å². The van der Waals surface area contributed by atoms with E-state index in [0.29, 0.717) is 12.0 Å². The first-order valence-electron chi connectivity index (χ1n) is 5.63. The number of nitrogens with one attached hydrogen (secondary N) is 2. The van der Waals surface area contributed by atoms with Crippen LogP contribution in [0.5, 0.6) is 0 Å². The van der Waals surface area contributed by atoms with Crippen LogP contribution in [0.1, 0.15) is 27.7 Å². The molecule has 16 heavy (non-hydrogen) atoms. The Morgan fingerprint density at radius 1 is 1.06 bits per heavy atom. The smallest absolute Gasteiger partial charge is 0.221 e. The van der Waals surface area contributed by atoms with Gasteiger partial charge in [0.2, 0.25) is 5.91 Å². The van der Waals surface area contributed by atoms with Crippen molar-refractivity contribution in [3.8, 4) is 0 Å². The van der Waals surface area contributed by atoms with Crippen LogP contribution in [0, 0.1) is 5.92 Å². The molecule has 0 spiro atoms. The fourth-order valence-corrected chi connectivity index (χ4v) is 1.28. The predicted octanol–water partition coefficient (Wildman–Crippen LogP) is 3.10. The van der Waals surface area contributed by atoms with Gasteiger partial charge in [-0.15, -0.1) is 0 Å². The summed E-state index contributed by atoms with van der Waals surface area (Å²) in [5.41, 5.74) is 1.91. The average molecular weight is 220 g/mol. The highest BCUT2D eigenvalue weighted by Crippen LogP contribution is 2.16. The maximum atomic E-state index is 10.8. The van der Waals surface area contributed by atoms with E-state index in [0.717, 1.165) is 11.4 Å². The van der Waals surface area contributed by atoms with Crippen molar-refractivity contribution in [2.24, 2.45) is 5.92 Å². The lowest BCUT2D eigenvalue weighted by Crippen LogP contribution is -2.21. The standard InChI is InChI=1S/C13H20N2O/c1-9(2)10(3)14-12-5-7-13(8-6-12)15-11(4)16/h5-10,14H,1-4H3,(H,15,16). The minimum Gasteiger partial charge on any atom is -0.382 e. The van der Waals surface area contributed by atoms with Crippen LogP contribution in [-0.4, -0.2) is 11.9 Å². The maximum absolute atomic E-state index is 10.8. The van der Waals surface area contributed by atoms with Gasteiger partial charge in [0, 0.05) is 24.3 Å². The molecule has 88 valence electrons. The number of rotatable bonds is 4. The van der Waals surface area contributed by atoms with Gasteiger partial charge in [0.25, 0.3) is 0 Å². The molecule has 3 nitrogen and oxygen atoms in total. The lowest BCUT2D eigenvalue weighted by molar-refractivity contribution is -0.114. The number of hydrogen-bond acceptors (Lipinski definition) is 2. The number of amides is 1. The van der Waals surface area contributed by atoms with Gasteiger partial charge in [-0.05, 0) is 37.1 Å². The Bertz CT molecular complexity index is 343. The summed E-state index contributed by atoms with van der Waals surface area (Å²) in [5, 5.41) is 6.15. The summed E-state index contributed by atoms with van der Waals surface area (Å²) in [6.45, 7) is 8.03. The molecular weight excluding hydrogens is 200 g/mol. The van der Waals surface area contributed by atoms with Crippen molar-refractivity contribution in [3.63, 3.8) is 0 Å². The van der Waals surface area contributed by atoms with E-state index < -0.39 is 0 Å².